The second-order valence-corrected chi connectivity index (χ2v) is 8.50. The molecule has 184 valence electrons. The molecular weight excluding hydrogens is 635 g/mol. The van der Waals surface area contributed by atoms with Gasteiger partial charge in [0.2, 0.25) is 0 Å². The SMILES string of the molecule is Cn1cnc(-c2[c-]cccc2-c2ccccc2)c1.Cn1cnc(-c2[c-]cccc2-c2ccccc2)c1.[Pt+2]. The molecule has 4 nitrogen and oxygen atoms in total. The Morgan fingerprint density at radius 1 is 0.541 bits per heavy atom. The normalized spacial score (nSPS) is 10.2. The second-order valence-electron chi connectivity index (χ2n) is 8.50. The van der Waals surface area contributed by atoms with Crippen LogP contribution in [-0.2, 0) is 35.2 Å². The van der Waals surface area contributed by atoms with Crippen molar-refractivity contribution in [1.82, 2.24) is 19.1 Å². The summed E-state index contributed by atoms with van der Waals surface area (Å²) in [7, 11) is 3.95. The Morgan fingerprint density at radius 2 is 0.946 bits per heavy atom. The molecule has 2 heterocycles. The first kappa shape index (κ1) is 26.1. The Morgan fingerprint density at radius 3 is 1.30 bits per heavy atom. The third kappa shape index (κ3) is 6.22. The van der Waals surface area contributed by atoms with Crippen LogP contribution in [0.4, 0.5) is 0 Å². The van der Waals surface area contributed by atoms with E-state index in [0.29, 0.717) is 0 Å². The van der Waals surface area contributed by atoms with Gasteiger partial charge in [0, 0.05) is 25.5 Å². The van der Waals surface area contributed by atoms with E-state index in [9.17, 15) is 0 Å². The molecule has 0 spiro atoms. The van der Waals surface area contributed by atoms with E-state index in [2.05, 4.69) is 58.5 Å². The molecule has 0 aliphatic rings. The first-order chi connectivity index (χ1) is 17.7. The monoisotopic (exact) mass is 661 g/mol. The summed E-state index contributed by atoms with van der Waals surface area (Å²) in [6.45, 7) is 0. The predicted molar refractivity (Wildman–Crippen MR) is 146 cm³/mol. The van der Waals surface area contributed by atoms with Gasteiger partial charge in [-0.05, 0) is 12.4 Å². The molecule has 0 aliphatic carbocycles. The van der Waals surface area contributed by atoms with Crippen molar-refractivity contribution < 1.29 is 21.1 Å². The van der Waals surface area contributed by atoms with Crippen LogP contribution in [-0.4, -0.2) is 19.1 Å². The van der Waals surface area contributed by atoms with E-state index in [4.69, 9.17) is 0 Å². The minimum Gasteiger partial charge on any atom is -0.350 e. The van der Waals surface area contributed by atoms with Gasteiger partial charge < -0.3 is 9.13 Å². The molecule has 4 aromatic carbocycles. The summed E-state index contributed by atoms with van der Waals surface area (Å²) in [6, 6.07) is 39.3. The molecule has 0 radical (unpaired) electrons. The molecule has 0 unspecified atom stereocenters. The van der Waals surface area contributed by atoms with Gasteiger partial charge in [-0.3, -0.25) is 9.97 Å². The van der Waals surface area contributed by atoms with Crippen LogP contribution >= 0.6 is 0 Å². The minimum absolute atomic E-state index is 0. The first-order valence-corrected chi connectivity index (χ1v) is 11.8. The molecule has 0 saturated heterocycles. The van der Waals surface area contributed by atoms with E-state index in [1.165, 1.54) is 11.1 Å². The summed E-state index contributed by atoms with van der Waals surface area (Å²) in [6.07, 6.45) is 7.65. The third-order valence-electron chi connectivity index (χ3n) is 5.80. The number of aryl methyl sites for hydroxylation is 2. The maximum absolute atomic E-state index is 4.40. The Balaban J connectivity index is 0.000000168. The summed E-state index contributed by atoms with van der Waals surface area (Å²) >= 11 is 0. The van der Waals surface area contributed by atoms with Crippen LogP contribution in [0, 0.1) is 12.1 Å². The minimum atomic E-state index is 0. The molecule has 0 amide bonds. The maximum Gasteiger partial charge on any atom is 2.00 e. The molecule has 5 heteroatoms. The van der Waals surface area contributed by atoms with Crippen molar-refractivity contribution in [3.8, 4) is 44.8 Å². The Hall–Kier alpha value is -4.01. The molecule has 0 aliphatic heterocycles. The van der Waals surface area contributed by atoms with E-state index in [0.717, 1.165) is 33.6 Å². The van der Waals surface area contributed by atoms with Crippen LogP contribution in [0.15, 0.2) is 122 Å². The molecule has 0 atom stereocenters. The summed E-state index contributed by atoms with van der Waals surface area (Å²) in [4.78, 5) is 8.81. The Labute approximate surface area is 232 Å². The molecule has 0 N–H and O–H groups in total. The quantitative estimate of drug-likeness (QED) is 0.189. The van der Waals surface area contributed by atoms with E-state index in [-0.39, 0.29) is 21.1 Å². The fourth-order valence-electron chi connectivity index (χ4n) is 4.10. The Bertz CT molecular complexity index is 1430. The second kappa shape index (κ2) is 12.3. The van der Waals surface area contributed by atoms with E-state index < -0.39 is 0 Å². The molecule has 0 fully saturated rings. The van der Waals surface area contributed by atoms with Gasteiger partial charge in [0.25, 0.3) is 0 Å². The third-order valence-corrected chi connectivity index (χ3v) is 5.80. The van der Waals surface area contributed by atoms with Gasteiger partial charge >= 0.3 is 21.1 Å². The van der Waals surface area contributed by atoms with Crippen LogP contribution in [0.3, 0.4) is 0 Å². The molecular formula is C32H26N4Pt. The largest absolute Gasteiger partial charge is 2.00 e. The summed E-state index contributed by atoms with van der Waals surface area (Å²) in [5, 5.41) is 0. The zero-order valence-corrected chi connectivity index (χ0v) is 22.9. The molecule has 2 aromatic heterocycles. The van der Waals surface area contributed by atoms with Crippen LogP contribution in [0.2, 0.25) is 0 Å². The van der Waals surface area contributed by atoms with Crippen molar-refractivity contribution in [2.45, 2.75) is 0 Å². The zero-order chi connectivity index (χ0) is 24.7. The summed E-state index contributed by atoms with van der Waals surface area (Å²) in [5.74, 6) is 0. The first-order valence-electron chi connectivity index (χ1n) is 11.8. The number of rotatable bonds is 4. The average molecular weight is 662 g/mol. The number of hydrogen-bond donors (Lipinski definition) is 0. The van der Waals surface area contributed by atoms with Gasteiger partial charge in [0.05, 0.1) is 12.7 Å². The maximum atomic E-state index is 4.40. The van der Waals surface area contributed by atoms with Crippen molar-refractivity contribution in [3.63, 3.8) is 0 Å². The van der Waals surface area contributed by atoms with Crippen molar-refractivity contribution in [2.24, 2.45) is 14.1 Å². The van der Waals surface area contributed by atoms with Crippen molar-refractivity contribution in [1.29, 1.82) is 0 Å². The van der Waals surface area contributed by atoms with Crippen LogP contribution in [0.1, 0.15) is 0 Å². The van der Waals surface area contributed by atoms with Crippen molar-refractivity contribution >= 4 is 0 Å². The number of hydrogen-bond acceptors (Lipinski definition) is 2. The molecule has 37 heavy (non-hydrogen) atoms. The van der Waals surface area contributed by atoms with Gasteiger partial charge in [-0.1, -0.05) is 82.9 Å². The smallest absolute Gasteiger partial charge is 0.350 e. The molecule has 6 rings (SSSR count). The molecule has 6 aromatic rings. The van der Waals surface area contributed by atoms with Gasteiger partial charge in [0.1, 0.15) is 0 Å². The zero-order valence-electron chi connectivity index (χ0n) is 20.7. The number of benzene rings is 4. The van der Waals surface area contributed by atoms with Crippen LogP contribution < -0.4 is 0 Å². The van der Waals surface area contributed by atoms with Gasteiger partial charge in [0.15, 0.2) is 0 Å². The van der Waals surface area contributed by atoms with Gasteiger partial charge in [-0.15, -0.1) is 59.7 Å². The predicted octanol–water partition coefficient (Wildman–Crippen LogP) is 7.11. The average Bonchev–Trinajstić information content (AvgIpc) is 3.58. The van der Waals surface area contributed by atoms with E-state index in [1.807, 2.05) is 109 Å². The Kier molecular flexibility index (Phi) is 8.66. The summed E-state index contributed by atoms with van der Waals surface area (Å²) < 4.78 is 3.90. The molecule has 0 bridgehead atoms. The fraction of sp³-hybridized carbons (Fsp3) is 0.0625. The summed E-state index contributed by atoms with van der Waals surface area (Å²) in [5.41, 5.74) is 8.71. The van der Waals surface area contributed by atoms with Crippen LogP contribution in [0.5, 0.6) is 0 Å². The standard InChI is InChI=1S/2C16H13N2.Pt/c2*1-18-11-16(17-12-18)15-10-6-5-9-14(15)13-7-3-2-4-8-13;/h2*2-9,11-12H,1H3;/q2*-1;+2. The fourth-order valence-corrected chi connectivity index (χ4v) is 4.10. The number of imidazole rings is 2. The van der Waals surface area contributed by atoms with Gasteiger partial charge in [-0.2, -0.15) is 0 Å². The van der Waals surface area contributed by atoms with Crippen molar-refractivity contribution in [3.05, 3.63) is 134 Å². The molecule has 0 saturated carbocycles. The van der Waals surface area contributed by atoms with Crippen LogP contribution in [0.25, 0.3) is 44.8 Å². The van der Waals surface area contributed by atoms with Gasteiger partial charge in [-0.25, -0.2) is 0 Å². The van der Waals surface area contributed by atoms with Crippen molar-refractivity contribution in [2.75, 3.05) is 0 Å². The topological polar surface area (TPSA) is 35.6 Å². The number of nitrogens with zero attached hydrogens (tertiary/aromatic N) is 4. The van der Waals surface area contributed by atoms with E-state index >= 15 is 0 Å². The number of aromatic nitrogens is 4. The van der Waals surface area contributed by atoms with E-state index in [1.54, 1.807) is 0 Å².